The molecule has 0 saturated heterocycles. The monoisotopic (exact) mass is 463 g/mol. The SMILES string of the molecule is CCc1nc2c(c3c1C(=O)C(c1cccs1)=C(c1cccs1)C3=O)c(=O)n(C)c(=O)n2C. The number of aryl methyl sites for hydroxylation is 2. The normalized spacial score (nSPS) is 13.8. The van der Waals surface area contributed by atoms with Crippen LogP contribution in [0.3, 0.4) is 0 Å². The minimum Gasteiger partial charge on any atom is -0.288 e. The van der Waals surface area contributed by atoms with Crippen LogP contribution < -0.4 is 11.2 Å². The molecule has 0 bridgehead atoms. The van der Waals surface area contributed by atoms with Crippen molar-refractivity contribution in [3.8, 4) is 0 Å². The fourth-order valence-corrected chi connectivity index (χ4v) is 5.70. The second-order valence-electron chi connectivity index (χ2n) is 7.43. The number of carbonyl (C=O) groups excluding carboxylic acids is 2. The molecule has 7 nitrogen and oxygen atoms in total. The molecule has 0 N–H and O–H groups in total. The van der Waals surface area contributed by atoms with Crippen LogP contribution >= 0.6 is 22.7 Å². The molecule has 5 rings (SSSR count). The van der Waals surface area contributed by atoms with Crippen LogP contribution in [0.25, 0.3) is 22.2 Å². The van der Waals surface area contributed by atoms with Crippen molar-refractivity contribution in [2.24, 2.45) is 14.1 Å². The highest BCUT2D eigenvalue weighted by atomic mass is 32.1. The summed E-state index contributed by atoms with van der Waals surface area (Å²) in [6.45, 7) is 1.83. The van der Waals surface area contributed by atoms with Gasteiger partial charge in [0.1, 0.15) is 5.65 Å². The molecule has 9 heteroatoms. The van der Waals surface area contributed by atoms with Crippen LogP contribution in [0.5, 0.6) is 0 Å². The molecule has 4 aromatic rings. The van der Waals surface area contributed by atoms with Gasteiger partial charge in [-0.25, -0.2) is 9.78 Å². The number of rotatable bonds is 3. The number of ketones is 2. The average Bonchev–Trinajstić information content (AvgIpc) is 3.51. The number of allylic oxidation sites excluding steroid dienone is 2. The molecular weight excluding hydrogens is 446 g/mol. The highest BCUT2D eigenvalue weighted by Crippen LogP contribution is 2.42. The van der Waals surface area contributed by atoms with E-state index in [4.69, 9.17) is 0 Å². The summed E-state index contributed by atoms with van der Waals surface area (Å²) in [5.74, 6) is -0.726. The summed E-state index contributed by atoms with van der Waals surface area (Å²) in [6, 6.07) is 7.25. The number of hydrogen-bond donors (Lipinski definition) is 0. The number of fused-ring (bicyclic) bond motifs is 3. The summed E-state index contributed by atoms with van der Waals surface area (Å²) in [6.07, 6.45) is 0.368. The zero-order valence-corrected chi connectivity index (χ0v) is 19.1. The fourth-order valence-electron chi connectivity index (χ4n) is 4.15. The van der Waals surface area contributed by atoms with Gasteiger partial charge in [0.05, 0.1) is 33.4 Å². The molecule has 160 valence electrons. The van der Waals surface area contributed by atoms with E-state index in [0.717, 1.165) is 4.57 Å². The summed E-state index contributed by atoms with van der Waals surface area (Å²) in [5.41, 5.74) is 0.137. The molecule has 0 unspecified atom stereocenters. The van der Waals surface area contributed by atoms with E-state index in [1.807, 2.05) is 35.9 Å². The summed E-state index contributed by atoms with van der Waals surface area (Å²) in [5, 5.41) is 3.69. The number of nitrogens with zero attached hydrogens (tertiary/aromatic N) is 3. The summed E-state index contributed by atoms with van der Waals surface area (Å²) < 4.78 is 2.19. The van der Waals surface area contributed by atoms with Crippen LogP contribution in [0.1, 0.15) is 43.1 Å². The number of aromatic nitrogens is 3. The molecule has 1 aliphatic carbocycles. The first-order valence-electron chi connectivity index (χ1n) is 9.90. The number of thiophene rings is 2. The first kappa shape index (κ1) is 20.5. The van der Waals surface area contributed by atoms with E-state index in [1.54, 1.807) is 6.07 Å². The van der Waals surface area contributed by atoms with Gasteiger partial charge in [0.2, 0.25) is 0 Å². The van der Waals surface area contributed by atoms with Crippen LogP contribution in [0.4, 0.5) is 0 Å². The van der Waals surface area contributed by atoms with E-state index in [1.165, 1.54) is 41.3 Å². The molecule has 4 heterocycles. The lowest BCUT2D eigenvalue weighted by Crippen LogP contribution is -2.39. The molecular formula is C23H17N3O4S2. The van der Waals surface area contributed by atoms with Crippen molar-refractivity contribution in [1.82, 2.24) is 14.1 Å². The molecule has 0 aliphatic heterocycles. The maximum Gasteiger partial charge on any atom is 0.332 e. The number of pyridine rings is 1. The van der Waals surface area contributed by atoms with Crippen LogP contribution in [-0.2, 0) is 20.5 Å². The van der Waals surface area contributed by atoms with Gasteiger partial charge in [-0.1, -0.05) is 19.1 Å². The van der Waals surface area contributed by atoms with Crippen molar-refractivity contribution in [3.05, 3.63) is 82.4 Å². The summed E-state index contributed by atoms with van der Waals surface area (Å²) >= 11 is 2.74. The number of hydrogen-bond acceptors (Lipinski definition) is 7. The van der Waals surface area contributed by atoms with Crippen LogP contribution in [0.15, 0.2) is 44.6 Å². The minimum atomic E-state index is -0.638. The Morgan fingerprint density at radius 1 is 0.844 bits per heavy atom. The topological polar surface area (TPSA) is 91.0 Å². The van der Waals surface area contributed by atoms with Crippen molar-refractivity contribution in [3.63, 3.8) is 0 Å². The molecule has 32 heavy (non-hydrogen) atoms. The van der Waals surface area contributed by atoms with E-state index in [-0.39, 0.29) is 33.5 Å². The van der Waals surface area contributed by atoms with Crippen molar-refractivity contribution >= 4 is 56.4 Å². The highest BCUT2D eigenvalue weighted by molar-refractivity contribution is 7.13. The van der Waals surface area contributed by atoms with E-state index < -0.39 is 17.0 Å². The van der Waals surface area contributed by atoms with E-state index in [9.17, 15) is 19.2 Å². The summed E-state index contributed by atoms with van der Waals surface area (Å²) in [4.78, 5) is 59.5. The molecule has 1 aliphatic rings. The standard InChI is InChI=1S/C23H17N3O4S2/c1-4-11-14-17(18-21(24-11)25(2)23(30)26(3)22(18)29)20(28)16(13-8-6-10-32-13)15(19(14)27)12-7-5-9-31-12/h5-10H,4H2,1-3H3. The zero-order valence-electron chi connectivity index (χ0n) is 17.5. The molecule has 0 aromatic carbocycles. The first-order chi connectivity index (χ1) is 15.4. The van der Waals surface area contributed by atoms with Crippen molar-refractivity contribution in [2.45, 2.75) is 13.3 Å². The second-order valence-corrected chi connectivity index (χ2v) is 9.32. The van der Waals surface area contributed by atoms with Gasteiger partial charge in [-0.2, -0.15) is 0 Å². The number of carbonyl (C=O) groups is 2. The molecule has 0 atom stereocenters. The van der Waals surface area contributed by atoms with Crippen LogP contribution in [-0.4, -0.2) is 25.7 Å². The van der Waals surface area contributed by atoms with Crippen LogP contribution in [0, 0.1) is 0 Å². The van der Waals surface area contributed by atoms with Crippen molar-refractivity contribution < 1.29 is 9.59 Å². The second kappa shape index (κ2) is 7.32. The third-order valence-electron chi connectivity index (χ3n) is 5.69. The molecule has 4 aromatic heterocycles. The van der Waals surface area contributed by atoms with Gasteiger partial charge in [0.25, 0.3) is 5.56 Å². The lowest BCUT2D eigenvalue weighted by atomic mass is 9.80. The zero-order chi connectivity index (χ0) is 22.7. The van der Waals surface area contributed by atoms with E-state index in [2.05, 4.69) is 4.98 Å². The molecule has 0 fully saturated rings. The van der Waals surface area contributed by atoms with Gasteiger partial charge in [0, 0.05) is 23.8 Å². The lowest BCUT2D eigenvalue weighted by Gasteiger charge is -2.23. The van der Waals surface area contributed by atoms with Gasteiger partial charge in [-0.05, 0) is 29.3 Å². The molecule has 0 saturated carbocycles. The predicted molar refractivity (Wildman–Crippen MR) is 126 cm³/mol. The van der Waals surface area contributed by atoms with E-state index >= 15 is 0 Å². The summed E-state index contributed by atoms with van der Waals surface area (Å²) in [7, 11) is 2.86. The highest BCUT2D eigenvalue weighted by Gasteiger charge is 2.39. The van der Waals surface area contributed by atoms with Crippen molar-refractivity contribution in [1.29, 1.82) is 0 Å². The smallest absolute Gasteiger partial charge is 0.288 e. The number of Topliss-reactive ketones (excluding diaryl/α,β-unsaturated/α-hetero) is 2. The Morgan fingerprint density at radius 2 is 1.41 bits per heavy atom. The lowest BCUT2D eigenvalue weighted by molar-refractivity contribution is 0.101. The Kier molecular flexibility index (Phi) is 4.68. The van der Waals surface area contributed by atoms with Crippen molar-refractivity contribution in [2.75, 3.05) is 0 Å². The minimum absolute atomic E-state index is 0.000522. The van der Waals surface area contributed by atoms with Crippen LogP contribution in [0.2, 0.25) is 0 Å². The van der Waals surface area contributed by atoms with Gasteiger partial charge < -0.3 is 0 Å². The maximum atomic E-state index is 14.0. The molecule has 0 spiro atoms. The largest absolute Gasteiger partial charge is 0.332 e. The fraction of sp³-hybridized carbons (Fsp3) is 0.174. The first-order valence-corrected chi connectivity index (χ1v) is 11.7. The Balaban J connectivity index is 2.00. The van der Waals surface area contributed by atoms with Gasteiger partial charge >= 0.3 is 5.69 Å². The van der Waals surface area contributed by atoms with Gasteiger partial charge in [-0.3, -0.25) is 23.5 Å². The quantitative estimate of drug-likeness (QED) is 0.465. The van der Waals surface area contributed by atoms with Gasteiger partial charge in [-0.15, -0.1) is 22.7 Å². The predicted octanol–water partition coefficient (Wildman–Crippen LogP) is 3.31. The maximum absolute atomic E-state index is 14.0. The molecule has 0 radical (unpaired) electrons. The Morgan fingerprint density at radius 3 is 1.91 bits per heavy atom. The van der Waals surface area contributed by atoms with E-state index in [0.29, 0.717) is 27.4 Å². The van der Waals surface area contributed by atoms with Gasteiger partial charge in [0.15, 0.2) is 11.6 Å². The third kappa shape index (κ3) is 2.68. The Hall–Kier alpha value is -3.43. The Labute approximate surface area is 189 Å². The average molecular weight is 464 g/mol. The third-order valence-corrected chi connectivity index (χ3v) is 7.47. The Bertz CT molecular complexity index is 1590. The molecule has 0 amide bonds.